The number of rotatable bonds is 5. The highest BCUT2D eigenvalue weighted by Crippen LogP contribution is 2.34. The summed E-state index contributed by atoms with van der Waals surface area (Å²) < 4.78 is 16.1. The molecule has 0 atom stereocenters. The monoisotopic (exact) mass is 352 g/mol. The molecule has 0 saturated carbocycles. The van der Waals surface area contributed by atoms with Crippen LogP contribution in [0.2, 0.25) is 0 Å². The highest BCUT2D eigenvalue weighted by Gasteiger charge is 2.14. The molecule has 132 valence electrons. The van der Waals surface area contributed by atoms with Crippen LogP contribution in [0.25, 0.3) is 10.9 Å². The molecule has 7 nitrogen and oxygen atoms in total. The van der Waals surface area contributed by atoms with E-state index in [1.54, 1.807) is 36.4 Å². The number of hydrogen-bond acceptors (Lipinski definition) is 5. The van der Waals surface area contributed by atoms with Crippen LogP contribution in [-0.4, -0.2) is 30.8 Å². The van der Waals surface area contributed by atoms with Crippen LogP contribution in [0.4, 0.5) is 0 Å². The maximum Gasteiger partial charge on any atom is 0.256 e. The minimum absolute atomic E-state index is 0.0757. The minimum atomic E-state index is -0.439. The van der Waals surface area contributed by atoms with E-state index in [0.717, 1.165) is 0 Å². The van der Waals surface area contributed by atoms with Gasteiger partial charge in [-0.25, -0.2) is 0 Å². The van der Waals surface area contributed by atoms with Crippen LogP contribution in [-0.2, 0) is 0 Å². The van der Waals surface area contributed by atoms with Crippen LogP contribution >= 0.6 is 0 Å². The Morgan fingerprint density at radius 2 is 2.00 bits per heavy atom. The van der Waals surface area contributed by atoms with Gasteiger partial charge in [-0.1, -0.05) is 12.1 Å². The first-order chi connectivity index (χ1) is 12.7. The Morgan fingerprint density at radius 1 is 1.15 bits per heavy atom. The maximum atomic E-state index is 12.4. The van der Waals surface area contributed by atoms with E-state index < -0.39 is 5.91 Å². The van der Waals surface area contributed by atoms with Gasteiger partial charge in [-0.15, -0.1) is 0 Å². The number of carbonyl (C=O) groups is 1. The molecule has 1 aliphatic heterocycles. The average Bonchev–Trinajstić information content (AvgIpc) is 3.13. The second kappa shape index (κ2) is 6.79. The lowest BCUT2D eigenvalue weighted by atomic mass is 10.1. The average molecular weight is 352 g/mol. The molecule has 3 aromatic rings. The summed E-state index contributed by atoms with van der Waals surface area (Å²) >= 11 is 0. The SMILES string of the molecule is O=C(NCCOc1ccc2c(c1)OCO2)c1c[nH]c2ccccc2c1=O. The van der Waals surface area contributed by atoms with E-state index in [1.807, 2.05) is 6.07 Å². The van der Waals surface area contributed by atoms with Crippen LogP contribution in [0.5, 0.6) is 17.2 Å². The predicted molar refractivity (Wildman–Crippen MR) is 95.0 cm³/mol. The molecule has 0 fully saturated rings. The highest BCUT2D eigenvalue weighted by molar-refractivity contribution is 5.97. The topological polar surface area (TPSA) is 89.7 Å². The van der Waals surface area contributed by atoms with Gasteiger partial charge in [0.1, 0.15) is 17.9 Å². The fraction of sp³-hybridized carbons (Fsp3) is 0.158. The lowest BCUT2D eigenvalue weighted by Gasteiger charge is -2.08. The van der Waals surface area contributed by atoms with E-state index in [-0.39, 0.29) is 30.9 Å². The zero-order valence-electron chi connectivity index (χ0n) is 13.8. The molecule has 26 heavy (non-hydrogen) atoms. The first-order valence-electron chi connectivity index (χ1n) is 8.13. The molecule has 0 radical (unpaired) electrons. The second-order valence-corrected chi connectivity index (χ2v) is 5.70. The number of fused-ring (bicyclic) bond motifs is 2. The highest BCUT2D eigenvalue weighted by atomic mass is 16.7. The summed E-state index contributed by atoms with van der Waals surface area (Å²) in [6.45, 7) is 0.728. The summed E-state index contributed by atoms with van der Waals surface area (Å²) in [6.07, 6.45) is 1.43. The van der Waals surface area contributed by atoms with Gasteiger partial charge in [0.25, 0.3) is 5.91 Å². The molecule has 1 amide bonds. The Labute approximate surface area is 148 Å². The van der Waals surface area contributed by atoms with Crippen molar-refractivity contribution in [2.75, 3.05) is 19.9 Å². The van der Waals surface area contributed by atoms with Gasteiger partial charge in [0.05, 0.1) is 6.54 Å². The van der Waals surface area contributed by atoms with Gasteiger partial charge in [0.15, 0.2) is 11.5 Å². The van der Waals surface area contributed by atoms with E-state index >= 15 is 0 Å². The number of hydrogen-bond donors (Lipinski definition) is 2. The van der Waals surface area contributed by atoms with Crippen molar-refractivity contribution in [2.24, 2.45) is 0 Å². The molecular formula is C19H16N2O5. The minimum Gasteiger partial charge on any atom is -0.492 e. The molecule has 4 rings (SSSR count). The molecule has 7 heteroatoms. The molecule has 1 aromatic heterocycles. The molecule has 0 unspecified atom stereocenters. The Balaban J connectivity index is 1.36. The molecule has 1 aliphatic rings. The zero-order chi connectivity index (χ0) is 17.9. The van der Waals surface area contributed by atoms with E-state index in [1.165, 1.54) is 6.20 Å². The van der Waals surface area contributed by atoms with E-state index in [0.29, 0.717) is 28.2 Å². The standard InChI is InChI=1S/C19H16N2O5/c22-18-13-3-1-2-4-15(13)21-10-14(18)19(23)20-7-8-24-12-5-6-16-17(9-12)26-11-25-16/h1-6,9-10H,7-8,11H2,(H,20,23)(H,21,22). The number of aromatic nitrogens is 1. The van der Waals surface area contributed by atoms with E-state index in [9.17, 15) is 9.59 Å². The maximum absolute atomic E-state index is 12.4. The van der Waals surface area contributed by atoms with Gasteiger partial charge >= 0.3 is 0 Å². The summed E-state index contributed by atoms with van der Waals surface area (Å²) in [6, 6.07) is 12.3. The molecule has 0 spiro atoms. The third kappa shape index (κ3) is 3.06. The first-order valence-corrected chi connectivity index (χ1v) is 8.13. The number of aromatic amines is 1. The normalized spacial score (nSPS) is 12.2. The Hall–Kier alpha value is -3.48. The fourth-order valence-corrected chi connectivity index (χ4v) is 2.73. The van der Waals surface area contributed by atoms with Crippen molar-refractivity contribution in [1.82, 2.24) is 10.3 Å². The van der Waals surface area contributed by atoms with Crippen molar-refractivity contribution in [1.29, 1.82) is 0 Å². The van der Waals surface area contributed by atoms with Gasteiger partial charge in [-0.2, -0.15) is 0 Å². The van der Waals surface area contributed by atoms with Gasteiger partial charge < -0.3 is 24.5 Å². The molecule has 0 aliphatic carbocycles. The van der Waals surface area contributed by atoms with Crippen molar-refractivity contribution >= 4 is 16.8 Å². The Kier molecular flexibility index (Phi) is 4.18. The summed E-state index contributed by atoms with van der Waals surface area (Å²) in [5.74, 6) is 1.49. The van der Waals surface area contributed by atoms with Crippen molar-refractivity contribution in [3.8, 4) is 17.2 Å². The van der Waals surface area contributed by atoms with Gasteiger partial charge in [0.2, 0.25) is 12.2 Å². The number of amides is 1. The van der Waals surface area contributed by atoms with Crippen molar-refractivity contribution in [3.05, 3.63) is 64.4 Å². The van der Waals surface area contributed by atoms with Crippen molar-refractivity contribution < 1.29 is 19.0 Å². The third-order valence-corrected chi connectivity index (χ3v) is 4.03. The van der Waals surface area contributed by atoms with Crippen LogP contribution < -0.4 is 25.0 Å². The zero-order valence-corrected chi connectivity index (χ0v) is 13.8. The summed E-state index contributed by atoms with van der Waals surface area (Å²) in [4.78, 5) is 27.6. The quantitative estimate of drug-likeness (QED) is 0.686. The van der Waals surface area contributed by atoms with Crippen LogP contribution in [0.1, 0.15) is 10.4 Å². The fourth-order valence-electron chi connectivity index (χ4n) is 2.73. The number of pyridine rings is 1. The molecule has 0 saturated heterocycles. The number of H-pyrrole nitrogens is 1. The molecule has 2 N–H and O–H groups in total. The molecule has 2 aromatic carbocycles. The van der Waals surface area contributed by atoms with Gasteiger partial charge in [0, 0.05) is 23.2 Å². The number of nitrogens with one attached hydrogen (secondary N) is 2. The number of carbonyl (C=O) groups excluding carboxylic acids is 1. The van der Waals surface area contributed by atoms with E-state index in [4.69, 9.17) is 14.2 Å². The summed E-state index contributed by atoms with van der Waals surface area (Å²) in [5.41, 5.74) is 0.473. The number of benzene rings is 2. The van der Waals surface area contributed by atoms with Crippen molar-refractivity contribution in [2.45, 2.75) is 0 Å². The van der Waals surface area contributed by atoms with Crippen molar-refractivity contribution in [3.63, 3.8) is 0 Å². The lowest BCUT2D eigenvalue weighted by molar-refractivity contribution is 0.0945. The molecular weight excluding hydrogens is 336 g/mol. The number of ether oxygens (including phenoxy) is 3. The van der Waals surface area contributed by atoms with Crippen LogP contribution in [0.3, 0.4) is 0 Å². The molecule has 2 heterocycles. The Bertz CT molecular complexity index is 1030. The molecule has 0 bridgehead atoms. The van der Waals surface area contributed by atoms with Gasteiger partial charge in [-0.05, 0) is 24.3 Å². The second-order valence-electron chi connectivity index (χ2n) is 5.70. The summed E-state index contributed by atoms with van der Waals surface area (Å²) in [5, 5.41) is 3.17. The third-order valence-electron chi connectivity index (χ3n) is 4.03. The summed E-state index contributed by atoms with van der Waals surface area (Å²) in [7, 11) is 0. The first kappa shape index (κ1) is 16.0. The van der Waals surface area contributed by atoms with Crippen LogP contribution in [0, 0.1) is 0 Å². The largest absolute Gasteiger partial charge is 0.492 e. The number of para-hydroxylation sites is 1. The van der Waals surface area contributed by atoms with E-state index in [2.05, 4.69) is 10.3 Å². The Morgan fingerprint density at radius 3 is 2.92 bits per heavy atom. The van der Waals surface area contributed by atoms with Crippen LogP contribution in [0.15, 0.2) is 53.5 Å². The van der Waals surface area contributed by atoms with Gasteiger partial charge in [-0.3, -0.25) is 9.59 Å². The lowest BCUT2D eigenvalue weighted by Crippen LogP contribution is -2.32. The predicted octanol–water partition coefficient (Wildman–Crippen LogP) is 2.07. The smallest absolute Gasteiger partial charge is 0.256 e.